The number of rotatable bonds is 19. The second-order valence-corrected chi connectivity index (χ2v) is 19.6. The first kappa shape index (κ1) is 55.6. The predicted octanol–water partition coefficient (Wildman–Crippen LogP) is 7.97. The predicted molar refractivity (Wildman–Crippen MR) is 239 cm³/mol. The maximum absolute atomic E-state index is 14.5. The number of ether oxygens (including phenoxy) is 3. The Morgan fingerprint density at radius 1 is 0.851 bits per heavy atom. The molecule has 0 saturated heterocycles. The van der Waals surface area contributed by atoms with Crippen molar-refractivity contribution in [3.05, 3.63) is 75.0 Å². The molecule has 0 aliphatic rings. The summed E-state index contributed by atoms with van der Waals surface area (Å²) in [5, 5.41) is 9.36. The molecule has 1 heterocycles. The molecule has 0 aliphatic carbocycles. The van der Waals surface area contributed by atoms with E-state index < -0.39 is 112 Å². The number of thiazole rings is 1. The van der Waals surface area contributed by atoms with E-state index in [1.54, 1.807) is 53.8 Å². The fourth-order valence-electron chi connectivity index (χ4n) is 6.65. The fourth-order valence-corrected chi connectivity index (χ4v) is 7.48. The van der Waals surface area contributed by atoms with E-state index in [1.165, 1.54) is 11.8 Å². The van der Waals surface area contributed by atoms with Gasteiger partial charge in [0.05, 0.1) is 14.1 Å². The minimum absolute atomic E-state index is 0.00109. The van der Waals surface area contributed by atoms with Crippen LogP contribution in [-0.2, 0) is 35.2 Å². The molecule has 370 valence electrons. The van der Waals surface area contributed by atoms with Gasteiger partial charge in [0.15, 0.2) is 17.3 Å². The van der Waals surface area contributed by atoms with Crippen molar-refractivity contribution in [3.63, 3.8) is 0 Å². The van der Waals surface area contributed by atoms with Gasteiger partial charge in [-0.05, 0) is 65.5 Å². The van der Waals surface area contributed by atoms with Crippen LogP contribution in [0.15, 0.2) is 29.6 Å². The molecular weight excluding hydrogens is 908 g/mol. The number of nitrogens with zero attached hydrogens (tertiary/aromatic N) is 3. The number of halogens is 5. The van der Waals surface area contributed by atoms with Gasteiger partial charge in [0.1, 0.15) is 29.2 Å². The zero-order valence-electron chi connectivity index (χ0n) is 40.3. The molecular formula is C46H62F5N6O9S+. The number of amides is 4. The molecule has 0 aliphatic heterocycles. The normalized spacial score (nSPS) is 14.3. The molecule has 3 N–H and O–H groups in total. The van der Waals surface area contributed by atoms with E-state index >= 15 is 0 Å². The van der Waals surface area contributed by atoms with Crippen LogP contribution in [0.3, 0.4) is 0 Å². The van der Waals surface area contributed by atoms with Crippen LogP contribution in [0.25, 0.3) is 0 Å². The minimum atomic E-state index is -2.44. The molecule has 3 rings (SSSR count). The highest BCUT2D eigenvalue weighted by atomic mass is 32.1. The number of carbonyl (C=O) groups is 6. The zero-order valence-corrected chi connectivity index (χ0v) is 41.1. The molecule has 2 aromatic carbocycles. The van der Waals surface area contributed by atoms with Crippen LogP contribution < -0.4 is 20.7 Å². The van der Waals surface area contributed by atoms with E-state index in [-0.39, 0.29) is 27.7 Å². The average Bonchev–Trinajstić information content (AvgIpc) is 3.73. The third kappa shape index (κ3) is 14.2. The van der Waals surface area contributed by atoms with Crippen molar-refractivity contribution in [1.29, 1.82) is 0 Å². The Labute approximate surface area is 391 Å². The van der Waals surface area contributed by atoms with Crippen molar-refractivity contribution >= 4 is 52.8 Å². The summed E-state index contributed by atoms with van der Waals surface area (Å²) in [6.45, 7) is 19.0. The standard InChI is InChI=1S/C46H61F5N6O9S/c1-15-24(4)37(55-43(62)46(10,11)57(13,14)21-27-16-18-28(19-17-27)53-39(59)25(5)52-44(63)66-45(7,8)9)41(60)56(12)30(23(2)3)20-31(64-26(6)58)40-54-29(22-67-40)42(61)65-38-35(50)33(48)32(47)34(49)36(38)51/h16-19,22-25,30-31,37H,15,20-21H2,1-14H3,(H2-,52,53,55,59,62,63)/p+1/t24-,25-,30+,31+,37-/m0/s1. The van der Waals surface area contributed by atoms with Crippen molar-refractivity contribution in [2.45, 2.75) is 131 Å². The number of likely N-dealkylation sites (N-methyl/N-ethyl adjacent to an activating group) is 2. The Morgan fingerprint density at radius 2 is 1.40 bits per heavy atom. The number of quaternary nitrogens is 1. The summed E-state index contributed by atoms with van der Waals surface area (Å²) in [6, 6.07) is 4.47. The van der Waals surface area contributed by atoms with Crippen LogP contribution in [0.1, 0.15) is 116 Å². The van der Waals surface area contributed by atoms with Gasteiger partial charge >= 0.3 is 18.0 Å². The quantitative estimate of drug-likeness (QED) is 0.0266. The van der Waals surface area contributed by atoms with Gasteiger partial charge in [0, 0.05) is 43.1 Å². The highest BCUT2D eigenvalue weighted by Crippen LogP contribution is 2.34. The summed E-state index contributed by atoms with van der Waals surface area (Å²) < 4.78 is 85.1. The number of alkyl carbamates (subject to hydrolysis) is 1. The van der Waals surface area contributed by atoms with Crippen LogP contribution in [-0.4, -0.2) is 101 Å². The van der Waals surface area contributed by atoms with E-state index in [1.807, 2.05) is 53.9 Å². The van der Waals surface area contributed by atoms with Crippen LogP contribution in [0.4, 0.5) is 32.4 Å². The van der Waals surface area contributed by atoms with Gasteiger partial charge < -0.3 is 39.5 Å². The molecule has 67 heavy (non-hydrogen) atoms. The van der Waals surface area contributed by atoms with Crippen molar-refractivity contribution in [2.24, 2.45) is 11.8 Å². The molecule has 0 saturated carbocycles. The number of hydrogen-bond donors (Lipinski definition) is 3. The average molecular weight is 970 g/mol. The summed E-state index contributed by atoms with van der Waals surface area (Å²) >= 11 is 0.785. The SMILES string of the molecule is CC[C@H](C)[C@H](NC(=O)C(C)(C)[N+](C)(C)Cc1ccc(NC(=O)[C@H](C)NC(=O)OC(C)(C)C)cc1)C(=O)N(C)[C@H](C[C@@H](OC(C)=O)c1nc(C(=O)Oc2c(F)c(F)c(F)c(F)c2F)cs1)C(C)C. The lowest BCUT2D eigenvalue weighted by atomic mass is 9.91. The van der Waals surface area contributed by atoms with Gasteiger partial charge in [-0.1, -0.05) is 46.2 Å². The number of benzene rings is 2. The van der Waals surface area contributed by atoms with E-state index in [2.05, 4.69) is 25.7 Å². The first-order valence-corrected chi connectivity index (χ1v) is 22.4. The first-order chi connectivity index (χ1) is 30.8. The van der Waals surface area contributed by atoms with Gasteiger partial charge in [-0.3, -0.25) is 19.2 Å². The van der Waals surface area contributed by atoms with Crippen LogP contribution >= 0.6 is 11.3 Å². The Kier molecular flexibility index (Phi) is 18.6. The molecule has 0 spiro atoms. The van der Waals surface area contributed by atoms with Crippen LogP contribution in [0, 0.1) is 40.9 Å². The number of hydrogen-bond acceptors (Lipinski definition) is 11. The Balaban J connectivity index is 1.79. The van der Waals surface area contributed by atoms with Crippen LogP contribution in [0.5, 0.6) is 5.75 Å². The number of nitrogens with one attached hydrogen (secondary N) is 3. The summed E-state index contributed by atoms with van der Waals surface area (Å²) in [6.07, 6.45) is -1.48. The van der Waals surface area contributed by atoms with Crippen molar-refractivity contribution in [1.82, 2.24) is 20.5 Å². The first-order valence-electron chi connectivity index (χ1n) is 21.5. The number of anilines is 1. The highest BCUT2D eigenvalue weighted by Gasteiger charge is 2.46. The maximum atomic E-state index is 14.5. The minimum Gasteiger partial charge on any atom is -0.455 e. The summed E-state index contributed by atoms with van der Waals surface area (Å²) in [4.78, 5) is 84.4. The molecule has 0 fully saturated rings. The van der Waals surface area contributed by atoms with E-state index in [0.717, 1.165) is 29.2 Å². The lowest BCUT2D eigenvalue weighted by Crippen LogP contribution is -2.66. The third-order valence-corrected chi connectivity index (χ3v) is 12.4. The second kappa shape index (κ2) is 22.4. The largest absolute Gasteiger partial charge is 0.455 e. The summed E-state index contributed by atoms with van der Waals surface area (Å²) in [5.41, 5.74) is -1.10. The molecule has 3 aromatic rings. The monoisotopic (exact) mass is 969 g/mol. The molecule has 4 amide bonds. The summed E-state index contributed by atoms with van der Waals surface area (Å²) in [7, 11) is 5.29. The van der Waals surface area contributed by atoms with Crippen molar-refractivity contribution < 1.29 is 69.4 Å². The van der Waals surface area contributed by atoms with Crippen molar-refractivity contribution in [2.75, 3.05) is 26.5 Å². The molecule has 1 aromatic heterocycles. The zero-order chi connectivity index (χ0) is 51.1. The molecule has 21 heteroatoms. The van der Waals surface area contributed by atoms with Gasteiger partial charge in [-0.25, -0.2) is 27.7 Å². The number of esters is 2. The van der Waals surface area contributed by atoms with Gasteiger partial charge in [-0.2, -0.15) is 8.78 Å². The molecule has 0 radical (unpaired) electrons. The van der Waals surface area contributed by atoms with E-state index in [0.29, 0.717) is 18.7 Å². The van der Waals surface area contributed by atoms with Crippen LogP contribution in [0.2, 0.25) is 0 Å². The number of aromatic nitrogens is 1. The molecule has 0 bridgehead atoms. The van der Waals surface area contributed by atoms with E-state index in [4.69, 9.17) is 9.47 Å². The Morgan fingerprint density at radius 3 is 1.91 bits per heavy atom. The van der Waals surface area contributed by atoms with Gasteiger partial charge in [-0.15, -0.1) is 11.3 Å². The fraction of sp³-hybridized carbons (Fsp3) is 0.543. The smallest absolute Gasteiger partial charge is 0.408 e. The second-order valence-electron chi connectivity index (χ2n) is 18.7. The van der Waals surface area contributed by atoms with Gasteiger partial charge in [0.2, 0.25) is 46.6 Å². The molecule has 15 nitrogen and oxygen atoms in total. The summed E-state index contributed by atoms with van der Waals surface area (Å²) in [5.74, 6) is -17.9. The number of carbonyl (C=O) groups excluding carboxylic acids is 6. The van der Waals surface area contributed by atoms with E-state index in [9.17, 15) is 50.7 Å². The Hall–Kier alpha value is -5.70. The van der Waals surface area contributed by atoms with Crippen molar-refractivity contribution in [3.8, 4) is 5.75 Å². The maximum Gasteiger partial charge on any atom is 0.408 e. The van der Waals surface area contributed by atoms with Gasteiger partial charge in [0.25, 0.3) is 5.91 Å². The lowest BCUT2D eigenvalue weighted by molar-refractivity contribution is -0.940. The topological polar surface area (TPSA) is 182 Å². The lowest BCUT2D eigenvalue weighted by Gasteiger charge is -2.44. The third-order valence-electron chi connectivity index (χ3n) is 11.5. The molecule has 0 unspecified atom stereocenters. The Bertz CT molecular complexity index is 2270. The molecule has 5 atom stereocenters. The highest BCUT2D eigenvalue weighted by molar-refractivity contribution is 7.09.